The Morgan fingerprint density at radius 2 is 2.09 bits per heavy atom. The molecule has 0 aromatic carbocycles. The van der Waals surface area contributed by atoms with Gasteiger partial charge in [-0.3, -0.25) is 0 Å². The van der Waals surface area contributed by atoms with E-state index in [1.54, 1.807) is 0 Å². The molecule has 1 heterocycles. The van der Waals surface area contributed by atoms with Gasteiger partial charge >= 0.3 is 0 Å². The van der Waals surface area contributed by atoms with Crippen molar-refractivity contribution in [3.63, 3.8) is 0 Å². The highest BCUT2D eigenvalue weighted by Gasteiger charge is 2.47. The highest BCUT2D eigenvalue weighted by atomic mass is 15.0. The predicted molar refractivity (Wildman–Crippen MR) is 47.5 cm³/mol. The van der Waals surface area contributed by atoms with E-state index >= 15 is 0 Å². The summed E-state index contributed by atoms with van der Waals surface area (Å²) in [5, 5.41) is 3.61. The maximum Gasteiger partial charge on any atom is 0.00699 e. The topological polar surface area (TPSA) is 12.0 Å². The van der Waals surface area contributed by atoms with Crippen LogP contribution in [0.25, 0.3) is 0 Å². The highest BCUT2D eigenvalue weighted by molar-refractivity contribution is 5.00. The minimum absolute atomic E-state index is 0.622. The van der Waals surface area contributed by atoms with E-state index in [-0.39, 0.29) is 0 Å². The maximum atomic E-state index is 3.61. The maximum absolute atomic E-state index is 3.61. The first kappa shape index (κ1) is 7.60. The van der Waals surface area contributed by atoms with E-state index in [0.29, 0.717) is 5.41 Å². The van der Waals surface area contributed by atoms with Crippen LogP contribution in [-0.4, -0.2) is 12.6 Å². The fourth-order valence-electron chi connectivity index (χ4n) is 2.97. The molecule has 0 radical (unpaired) electrons. The number of hydrogen-bond donors (Lipinski definition) is 1. The number of rotatable bonds is 0. The number of nitrogens with one attached hydrogen (secondary N) is 1. The zero-order chi connectivity index (χ0) is 8.06. The number of hydrogen-bond acceptors (Lipinski definition) is 1. The molecule has 3 unspecified atom stereocenters. The Hall–Kier alpha value is -0.0400. The lowest BCUT2D eigenvalue weighted by Crippen LogP contribution is -2.48. The average molecular weight is 153 g/mol. The van der Waals surface area contributed by atoms with Gasteiger partial charge in [0.15, 0.2) is 0 Å². The summed E-state index contributed by atoms with van der Waals surface area (Å²) in [6.07, 6.45) is 2.89. The number of piperidine rings is 1. The largest absolute Gasteiger partial charge is 0.313 e. The summed E-state index contributed by atoms with van der Waals surface area (Å²) < 4.78 is 0. The van der Waals surface area contributed by atoms with Gasteiger partial charge in [0.1, 0.15) is 0 Å². The molecule has 2 aliphatic rings. The molecule has 1 N–H and O–H groups in total. The van der Waals surface area contributed by atoms with Crippen LogP contribution in [0.1, 0.15) is 33.6 Å². The van der Waals surface area contributed by atoms with Crippen LogP contribution in [0.5, 0.6) is 0 Å². The molecule has 0 aromatic heterocycles. The van der Waals surface area contributed by atoms with Crippen molar-refractivity contribution in [3.05, 3.63) is 0 Å². The molecule has 1 nitrogen and oxygen atoms in total. The van der Waals surface area contributed by atoms with Gasteiger partial charge in [-0.05, 0) is 37.0 Å². The Bertz CT molecular complexity index is 166. The smallest absolute Gasteiger partial charge is 0.00699 e. The van der Waals surface area contributed by atoms with Crippen molar-refractivity contribution in [1.82, 2.24) is 5.32 Å². The molecule has 0 aromatic rings. The van der Waals surface area contributed by atoms with Gasteiger partial charge < -0.3 is 5.32 Å². The van der Waals surface area contributed by atoms with Crippen LogP contribution in [0.15, 0.2) is 0 Å². The van der Waals surface area contributed by atoms with Gasteiger partial charge in [0.05, 0.1) is 0 Å². The van der Waals surface area contributed by atoms with Crippen molar-refractivity contribution in [2.75, 3.05) is 6.54 Å². The zero-order valence-corrected chi connectivity index (χ0v) is 7.85. The monoisotopic (exact) mass is 153 g/mol. The summed E-state index contributed by atoms with van der Waals surface area (Å²) in [7, 11) is 0. The number of fused-ring (bicyclic) bond motifs is 2. The molecule has 0 spiro atoms. The summed E-state index contributed by atoms with van der Waals surface area (Å²) in [6, 6.07) is 0.764. The molecule has 1 aliphatic carbocycles. The lowest BCUT2D eigenvalue weighted by Gasteiger charge is -2.40. The molecule has 2 rings (SSSR count). The van der Waals surface area contributed by atoms with Crippen LogP contribution in [0.4, 0.5) is 0 Å². The zero-order valence-electron chi connectivity index (χ0n) is 7.85. The quantitative estimate of drug-likeness (QED) is 0.561. The lowest BCUT2D eigenvalue weighted by molar-refractivity contribution is 0.130. The fourth-order valence-corrected chi connectivity index (χ4v) is 2.97. The predicted octanol–water partition coefficient (Wildman–Crippen LogP) is 2.03. The second kappa shape index (κ2) is 2.22. The van der Waals surface area contributed by atoms with Crippen molar-refractivity contribution in [2.24, 2.45) is 17.3 Å². The molecule has 1 saturated carbocycles. The Kier molecular flexibility index (Phi) is 1.54. The van der Waals surface area contributed by atoms with Gasteiger partial charge in [0.25, 0.3) is 0 Å². The molecule has 11 heavy (non-hydrogen) atoms. The second-order valence-corrected chi connectivity index (χ2v) is 4.81. The van der Waals surface area contributed by atoms with Crippen LogP contribution < -0.4 is 5.32 Å². The molecular formula is C10H19N. The van der Waals surface area contributed by atoms with Crippen molar-refractivity contribution in [2.45, 2.75) is 39.7 Å². The van der Waals surface area contributed by atoms with Crippen LogP contribution in [0.3, 0.4) is 0 Å². The fraction of sp³-hybridized carbons (Fsp3) is 1.00. The summed E-state index contributed by atoms with van der Waals surface area (Å²) in [5.41, 5.74) is 0.622. The highest BCUT2D eigenvalue weighted by Crippen LogP contribution is 2.49. The van der Waals surface area contributed by atoms with E-state index in [2.05, 4.69) is 26.1 Å². The first-order valence-electron chi connectivity index (χ1n) is 4.87. The van der Waals surface area contributed by atoms with E-state index in [4.69, 9.17) is 0 Å². The third kappa shape index (κ3) is 0.936. The summed E-state index contributed by atoms with van der Waals surface area (Å²) >= 11 is 0. The van der Waals surface area contributed by atoms with E-state index < -0.39 is 0 Å². The van der Waals surface area contributed by atoms with Crippen molar-refractivity contribution in [1.29, 1.82) is 0 Å². The van der Waals surface area contributed by atoms with Gasteiger partial charge in [0.2, 0.25) is 0 Å². The minimum atomic E-state index is 0.622. The van der Waals surface area contributed by atoms with Crippen LogP contribution in [0.2, 0.25) is 0 Å². The van der Waals surface area contributed by atoms with Crippen molar-refractivity contribution >= 4 is 0 Å². The van der Waals surface area contributed by atoms with Crippen molar-refractivity contribution < 1.29 is 0 Å². The molecule has 1 saturated heterocycles. The molecule has 64 valence electrons. The van der Waals surface area contributed by atoms with Gasteiger partial charge in [-0.1, -0.05) is 13.8 Å². The van der Waals surface area contributed by atoms with E-state index in [1.807, 2.05) is 0 Å². The van der Waals surface area contributed by atoms with Gasteiger partial charge in [0, 0.05) is 12.6 Å². The molecule has 2 fully saturated rings. The van der Waals surface area contributed by atoms with Gasteiger partial charge in [-0.2, -0.15) is 0 Å². The van der Waals surface area contributed by atoms with E-state index in [0.717, 1.165) is 17.9 Å². The molecule has 1 aliphatic heterocycles. The Balaban J connectivity index is 2.22. The van der Waals surface area contributed by atoms with E-state index in [1.165, 1.54) is 19.4 Å². The summed E-state index contributed by atoms with van der Waals surface area (Å²) in [5.74, 6) is 1.90. The van der Waals surface area contributed by atoms with E-state index in [9.17, 15) is 0 Å². The van der Waals surface area contributed by atoms with Crippen LogP contribution in [-0.2, 0) is 0 Å². The Morgan fingerprint density at radius 1 is 1.36 bits per heavy atom. The summed E-state index contributed by atoms with van der Waals surface area (Å²) in [6.45, 7) is 8.46. The van der Waals surface area contributed by atoms with Crippen LogP contribution in [0, 0.1) is 17.3 Å². The summed E-state index contributed by atoms with van der Waals surface area (Å²) in [4.78, 5) is 0. The van der Waals surface area contributed by atoms with Gasteiger partial charge in [-0.15, -0.1) is 0 Å². The second-order valence-electron chi connectivity index (χ2n) is 4.81. The minimum Gasteiger partial charge on any atom is -0.313 e. The first-order chi connectivity index (χ1) is 5.13. The average Bonchev–Trinajstić information content (AvgIpc) is 2.14. The molecular weight excluding hydrogens is 134 g/mol. The molecule has 1 heteroatoms. The standard InChI is InChI=1S/C10H19N/c1-7-9-4-5-10(7,3)6-11-8(9)2/h7-9,11H,4-6H2,1-3H3/t7?,8?,9?,10-/m1/s1. The molecule has 4 atom stereocenters. The Morgan fingerprint density at radius 3 is 2.73 bits per heavy atom. The first-order valence-corrected chi connectivity index (χ1v) is 4.87. The normalized spacial score (nSPS) is 56.5. The molecule has 0 amide bonds. The van der Waals surface area contributed by atoms with Gasteiger partial charge in [-0.25, -0.2) is 0 Å². The third-order valence-electron chi connectivity index (χ3n) is 4.26. The SMILES string of the molecule is CC1NC[C@@]2(C)CCC1C2C. The Labute approximate surface area is 69.6 Å². The van der Waals surface area contributed by atoms with Crippen molar-refractivity contribution in [3.8, 4) is 0 Å². The third-order valence-corrected chi connectivity index (χ3v) is 4.26. The lowest BCUT2D eigenvalue weighted by atomic mass is 9.73. The van der Waals surface area contributed by atoms with Crippen LogP contribution >= 0.6 is 0 Å². The molecule has 2 bridgehead atoms.